The molecule has 1 rings (SSSR count). The maximum absolute atomic E-state index is 9.23. The number of rotatable bonds is 3. The second kappa shape index (κ2) is 8.13. The van der Waals surface area contributed by atoms with Gasteiger partial charge in [0, 0.05) is 6.04 Å². The molecule has 0 bridgehead atoms. The molecule has 0 aliphatic rings. The van der Waals surface area contributed by atoms with Crippen LogP contribution in [-0.4, -0.2) is 37.7 Å². The van der Waals surface area contributed by atoms with E-state index < -0.39 is 0 Å². The smallest absolute Gasteiger partial charge is 0.115 e. The summed E-state index contributed by atoms with van der Waals surface area (Å²) < 4.78 is 0. The Kier molecular flexibility index (Phi) is 7.60. The van der Waals surface area contributed by atoms with Crippen LogP contribution in [0.3, 0.4) is 0 Å². The number of hydrogen-bond donors (Lipinski definition) is 2. The highest BCUT2D eigenvalue weighted by Crippen LogP contribution is 2.20. The fourth-order valence-corrected chi connectivity index (χ4v) is 1.08. The molecule has 2 N–H and O–H groups in total. The van der Waals surface area contributed by atoms with Gasteiger partial charge in [-0.25, -0.2) is 0 Å². The second-order valence-corrected chi connectivity index (χ2v) is 3.94. The SMILES string of the molecule is CCNC.C[C@H](c1cccc(O)c1)N(C)C. The first-order chi connectivity index (χ1) is 7.52. The highest BCUT2D eigenvalue weighted by molar-refractivity contribution is 5.28. The normalized spacial score (nSPS) is 11.9. The number of phenols is 1. The van der Waals surface area contributed by atoms with Crippen molar-refractivity contribution in [1.29, 1.82) is 0 Å². The van der Waals surface area contributed by atoms with Crippen molar-refractivity contribution in [3.63, 3.8) is 0 Å². The van der Waals surface area contributed by atoms with Crippen LogP contribution in [0.4, 0.5) is 0 Å². The quantitative estimate of drug-likeness (QED) is 0.826. The van der Waals surface area contributed by atoms with Gasteiger partial charge in [0.2, 0.25) is 0 Å². The molecular formula is C13H24N2O. The highest BCUT2D eigenvalue weighted by Gasteiger charge is 2.06. The number of aromatic hydroxyl groups is 1. The van der Waals surface area contributed by atoms with Gasteiger partial charge in [-0.3, -0.25) is 0 Å². The number of benzene rings is 1. The summed E-state index contributed by atoms with van der Waals surface area (Å²) in [4.78, 5) is 2.11. The number of hydrogen-bond acceptors (Lipinski definition) is 3. The van der Waals surface area contributed by atoms with Gasteiger partial charge >= 0.3 is 0 Å². The summed E-state index contributed by atoms with van der Waals surface area (Å²) in [5, 5.41) is 12.2. The lowest BCUT2D eigenvalue weighted by Crippen LogP contribution is -2.16. The van der Waals surface area contributed by atoms with Crippen LogP contribution < -0.4 is 5.32 Å². The summed E-state index contributed by atoms with van der Waals surface area (Å²) in [5.74, 6) is 0.334. The predicted molar refractivity (Wildman–Crippen MR) is 69.8 cm³/mol. The minimum Gasteiger partial charge on any atom is -0.508 e. The van der Waals surface area contributed by atoms with E-state index in [0.717, 1.165) is 12.1 Å². The molecule has 0 aliphatic heterocycles. The van der Waals surface area contributed by atoms with E-state index in [0.29, 0.717) is 11.8 Å². The minimum absolute atomic E-state index is 0.334. The first-order valence-corrected chi connectivity index (χ1v) is 5.62. The molecule has 0 radical (unpaired) electrons. The number of nitrogens with zero attached hydrogens (tertiary/aromatic N) is 1. The molecule has 0 aromatic heterocycles. The molecule has 3 nitrogen and oxygen atoms in total. The van der Waals surface area contributed by atoms with E-state index >= 15 is 0 Å². The monoisotopic (exact) mass is 224 g/mol. The summed E-state index contributed by atoms with van der Waals surface area (Å²) in [5.41, 5.74) is 1.14. The van der Waals surface area contributed by atoms with Crippen LogP contribution in [0.15, 0.2) is 24.3 Å². The summed E-state index contributed by atoms with van der Waals surface area (Å²) in [6.07, 6.45) is 0. The Morgan fingerprint density at radius 1 is 1.38 bits per heavy atom. The van der Waals surface area contributed by atoms with Crippen molar-refractivity contribution in [2.24, 2.45) is 0 Å². The van der Waals surface area contributed by atoms with E-state index in [-0.39, 0.29) is 0 Å². The molecule has 1 atom stereocenters. The van der Waals surface area contributed by atoms with Crippen LogP contribution in [-0.2, 0) is 0 Å². The van der Waals surface area contributed by atoms with Crippen LogP contribution in [0.1, 0.15) is 25.5 Å². The van der Waals surface area contributed by atoms with E-state index in [9.17, 15) is 5.11 Å². The molecule has 1 aromatic carbocycles. The third-order valence-electron chi connectivity index (χ3n) is 2.48. The third kappa shape index (κ3) is 5.73. The van der Waals surface area contributed by atoms with Gasteiger partial charge in [-0.05, 0) is 52.3 Å². The van der Waals surface area contributed by atoms with Crippen LogP contribution in [0.5, 0.6) is 5.75 Å². The van der Waals surface area contributed by atoms with Crippen molar-refractivity contribution >= 4 is 0 Å². The first kappa shape index (κ1) is 14.9. The zero-order valence-corrected chi connectivity index (χ0v) is 11.0. The standard InChI is InChI=1S/C10H15NO.C3H9N/c1-8(11(2)3)9-5-4-6-10(12)7-9;1-3-4-2/h4-8,12H,1-3H3;4H,3H2,1-2H3/t8-;/m1./s1. The molecule has 0 saturated carbocycles. The van der Waals surface area contributed by atoms with Gasteiger partial charge in [0.1, 0.15) is 5.75 Å². The van der Waals surface area contributed by atoms with Gasteiger partial charge in [0.25, 0.3) is 0 Å². The van der Waals surface area contributed by atoms with Crippen molar-refractivity contribution in [2.75, 3.05) is 27.7 Å². The van der Waals surface area contributed by atoms with Crippen molar-refractivity contribution in [2.45, 2.75) is 19.9 Å². The Balaban J connectivity index is 0.000000487. The zero-order chi connectivity index (χ0) is 12.6. The molecule has 0 unspecified atom stereocenters. The second-order valence-electron chi connectivity index (χ2n) is 3.94. The van der Waals surface area contributed by atoms with Crippen LogP contribution >= 0.6 is 0 Å². The fourth-order valence-electron chi connectivity index (χ4n) is 1.08. The molecule has 3 heteroatoms. The Hall–Kier alpha value is -1.06. The zero-order valence-electron chi connectivity index (χ0n) is 11.0. The molecular weight excluding hydrogens is 200 g/mol. The molecule has 0 saturated heterocycles. The average Bonchev–Trinajstić information content (AvgIpc) is 2.28. The maximum atomic E-state index is 9.23. The van der Waals surface area contributed by atoms with Gasteiger partial charge in [0.15, 0.2) is 0 Å². The largest absolute Gasteiger partial charge is 0.508 e. The summed E-state index contributed by atoms with van der Waals surface area (Å²) >= 11 is 0. The fraction of sp³-hybridized carbons (Fsp3) is 0.538. The van der Waals surface area contributed by atoms with E-state index in [1.807, 2.05) is 33.3 Å². The van der Waals surface area contributed by atoms with Crippen LogP contribution in [0, 0.1) is 0 Å². The highest BCUT2D eigenvalue weighted by atomic mass is 16.3. The van der Waals surface area contributed by atoms with Crippen molar-refractivity contribution in [1.82, 2.24) is 10.2 Å². The molecule has 0 heterocycles. The average molecular weight is 224 g/mol. The Bertz CT molecular complexity index is 285. The Labute approximate surface area is 99.1 Å². The molecule has 0 spiro atoms. The Morgan fingerprint density at radius 2 is 1.94 bits per heavy atom. The summed E-state index contributed by atoms with van der Waals surface area (Å²) in [6.45, 7) is 5.24. The van der Waals surface area contributed by atoms with Crippen molar-refractivity contribution in [3.8, 4) is 5.75 Å². The van der Waals surface area contributed by atoms with Crippen molar-refractivity contribution < 1.29 is 5.11 Å². The van der Waals surface area contributed by atoms with Crippen LogP contribution in [0.2, 0.25) is 0 Å². The minimum atomic E-state index is 0.334. The van der Waals surface area contributed by atoms with Gasteiger partial charge in [0.05, 0.1) is 0 Å². The van der Waals surface area contributed by atoms with E-state index in [2.05, 4.69) is 24.1 Å². The van der Waals surface area contributed by atoms with E-state index in [1.165, 1.54) is 0 Å². The summed E-state index contributed by atoms with van der Waals surface area (Å²) in [6, 6.07) is 7.71. The number of phenolic OH excluding ortho intramolecular Hbond substituents is 1. The van der Waals surface area contributed by atoms with Gasteiger partial charge in [-0.15, -0.1) is 0 Å². The van der Waals surface area contributed by atoms with Crippen molar-refractivity contribution in [3.05, 3.63) is 29.8 Å². The molecule has 92 valence electrons. The first-order valence-electron chi connectivity index (χ1n) is 5.62. The molecule has 16 heavy (non-hydrogen) atoms. The molecule has 1 aromatic rings. The van der Waals surface area contributed by atoms with Gasteiger partial charge in [-0.1, -0.05) is 19.1 Å². The maximum Gasteiger partial charge on any atom is 0.115 e. The molecule has 0 amide bonds. The van der Waals surface area contributed by atoms with E-state index in [4.69, 9.17) is 0 Å². The third-order valence-corrected chi connectivity index (χ3v) is 2.48. The van der Waals surface area contributed by atoms with Crippen LogP contribution in [0.25, 0.3) is 0 Å². The molecule has 0 aliphatic carbocycles. The van der Waals surface area contributed by atoms with Gasteiger partial charge in [-0.2, -0.15) is 0 Å². The lowest BCUT2D eigenvalue weighted by atomic mass is 10.1. The predicted octanol–water partition coefficient (Wildman–Crippen LogP) is 2.24. The molecule has 0 fully saturated rings. The lowest BCUT2D eigenvalue weighted by Gasteiger charge is -2.19. The Morgan fingerprint density at radius 3 is 2.31 bits per heavy atom. The van der Waals surface area contributed by atoms with E-state index in [1.54, 1.807) is 12.1 Å². The van der Waals surface area contributed by atoms with Gasteiger partial charge < -0.3 is 15.3 Å². The number of nitrogens with one attached hydrogen (secondary N) is 1. The summed E-state index contributed by atoms with van der Waals surface area (Å²) in [7, 11) is 5.98. The topological polar surface area (TPSA) is 35.5 Å². The lowest BCUT2D eigenvalue weighted by molar-refractivity contribution is 0.320.